The molecule has 0 bridgehead atoms. The smallest absolute Gasteiger partial charge is 0.188 e. The van der Waals surface area contributed by atoms with E-state index >= 15 is 0 Å². The van der Waals surface area contributed by atoms with Gasteiger partial charge in [-0.25, -0.2) is 0 Å². The number of methoxy groups -OCH3 is 3. The van der Waals surface area contributed by atoms with Gasteiger partial charge >= 0.3 is 0 Å². The van der Waals surface area contributed by atoms with Crippen molar-refractivity contribution in [1.82, 2.24) is 0 Å². The predicted octanol–water partition coefficient (Wildman–Crippen LogP) is 4.71. The van der Waals surface area contributed by atoms with E-state index in [4.69, 9.17) is 28.4 Å². The monoisotopic (exact) mass is 444 g/mol. The number of carbonyl (C=O) groups is 1. The van der Waals surface area contributed by atoms with Gasteiger partial charge in [0.05, 0.1) is 0 Å². The molecule has 32 heavy (non-hydrogen) atoms. The van der Waals surface area contributed by atoms with Crippen LogP contribution >= 0.6 is 0 Å². The molecule has 174 valence electrons. The van der Waals surface area contributed by atoms with Crippen LogP contribution in [-0.4, -0.2) is 47.5 Å². The minimum Gasteiger partial charge on any atom is -0.468 e. The second-order valence-electron chi connectivity index (χ2n) is 7.84. The molecule has 7 heteroatoms. The number of ketones is 1. The summed E-state index contributed by atoms with van der Waals surface area (Å²) in [4.78, 5) is 13.4. The molecule has 0 spiro atoms. The highest BCUT2D eigenvalue weighted by Crippen LogP contribution is 2.46. The summed E-state index contributed by atoms with van der Waals surface area (Å²) in [6, 6.07) is 11.1. The van der Waals surface area contributed by atoms with Crippen LogP contribution in [0.4, 0.5) is 0 Å². The van der Waals surface area contributed by atoms with E-state index in [1.54, 1.807) is 33.5 Å². The number of benzene rings is 2. The Morgan fingerprint density at radius 2 is 1.47 bits per heavy atom. The molecular formula is C25H32O7. The minimum absolute atomic E-state index is 0.0311. The number of rotatable bonds is 12. The quantitative estimate of drug-likeness (QED) is 0.347. The van der Waals surface area contributed by atoms with Gasteiger partial charge in [-0.05, 0) is 67.6 Å². The van der Waals surface area contributed by atoms with Crippen molar-refractivity contribution in [3.05, 3.63) is 53.1 Å². The van der Waals surface area contributed by atoms with Crippen molar-refractivity contribution in [2.75, 3.05) is 41.7 Å². The Morgan fingerprint density at radius 3 is 2.12 bits per heavy atom. The number of carbonyl (C=O) groups excluding carboxylic acids is 1. The van der Waals surface area contributed by atoms with E-state index < -0.39 is 0 Å². The van der Waals surface area contributed by atoms with Gasteiger partial charge in [-0.3, -0.25) is 4.79 Å². The van der Waals surface area contributed by atoms with Crippen molar-refractivity contribution in [1.29, 1.82) is 0 Å². The van der Waals surface area contributed by atoms with E-state index in [9.17, 15) is 4.79 Å². The molecule has 7 nitrogen and oxygen atoms in total. The van der Waals surface area contributed by atoms with Crippen molar-refractivity contribution in [3.8, 4) is 17.2 Å². The van der Waals surface area contributed by atoms with Crippen LogP contribution in [0.5, 0.6) is 17.2 Å². The molecule has 0 radical (unpaired) electrons. The summed E-state index contributed by atoms with van der Waals surface area (Å²) >= 11 is 0. The van der Waals surface area contributed by atoms with Crippen LogP contribution in [0.1, 0.15) is 46.7 Å². The van der Waals surface area contributed by atoms with Gasteiger partial charge in [0.15, 0.2) is 26.2 Å². The van der Waals surface area contributed by atoms with Crippen molar-refractivity contribution in [3.63, 3.8) is 0 Å². The number of Topliss-reactive ketones (excluding diaryl/α,β-unsaturated/α-hetero) is 1. The Hall–Kier alpha value is -2.61. The molecule has 1 aliphatic rings. The molecule has 2 aromatic carbocycles. The standard InChI is InChI=1S/C25H32O7/c1-17-12-20(31-15-28-3)13-23(25(17)32-16-29-4)21-6-5-7-22(21)24(26)18-8-10-19(11-9-18)30-14-27-2/h8-13,21-22H,5-7,14-16H2,1-4H3/t21-,22+/m0/s1. The maximum atomic E-state index is 13.4. The molecule has 0 aliphatic heterocycles. The highest BCUT2D eigenvalue weighted by molar-refractivity contribution is 5.98. The van der Waals surface area contributed by atoms with Crippen molar-refractivity contribution in [2.45, 2.75) is 32.1 Å². The van der Waals surface area contributed by atoms with Crippen LogP contribution in [0.2, 0.25) is 0 Å². The fourth-order valence-corrected chi connectivity index (χ4v) is 4.27. The van der Waals surface area contributed by atoms with Gasteiger partial charge in [0, 0.05) is 38.4 Å². The van der Waals surface area contributed by atoms with Gasteiger partial charge < -0.3 is 28.4 Å². The van der Waals surface area contributed by atoms with Crippen LogP contribution < -0.4 is 14.2 Å². The summed E-state index contributed by atoms with van der Waals surface area (Å²) in [6.07, 6.45) is 2.71. The Balaban J connectivity index is 1.88. The summed E-state index contributed by atoms with van der Waals surface area (Å²) in [6.45, 7) is 2.43. The summed E-state index contributed by atoms with van der Waals surface area (Å²) in [5.74, 6) is 2.14. The maximum absolute atomic E-state index is 13.4. The average Bonchev–Trinajstić information content (AvgIpc) is 3.30. The molecule has 1 saturated carbocycles. The zero-order valence-electron chi connectivity index (χ0n) is 19.2. The second-order valence-corrected chi connectivity index (χ2v) is 7.84. The SMILES string of the molecule is COCOc1ccc(C(=O)[C@@H]2CCC[C@@H]2c2cc(OCOC)cc(C)c2OCOC)cc1. The molecule has 1 aliphatic carbocycles. The maximum Gasteiger partial charge on any atom is 0.188 e. The lowest BCUT2D eigenvalue weighted by Crippen LogP contribution is -2.19. The average molecular weight is 445 g/mol. The molecule has 3 rings (SSSR count). The van der Waals surface area contributed by atoms with Crippen LogP contribution in [0.15, 0.2) is 36.4 Å². The van der Waals surface area contributed by atoms with Crippen molar-refractivity contribution < 1.29 is 33.2 Å². The first-order chi connectivity index (χ1) is 15.6. The molecule has 0 N–H and O–H groups in total. The third-order valence-electron chi connectivity index (χ3n) is 5.68. The molecule has 0 unspecified atom stereocenters. The highest BCUT2D eigenvalue weighted by atomic mass is 16.7. The molecule has 0 heterocycles. The molecular weight excluding hydrogens is 412 g/mol. The Bertz CT molecular complexity index is 879. The topological polar surface area (TPSA) is 72.5 Å². The first-order valence-corrected chi connectivity index (χ1v) is 10.7. The lowest BCUT2D eigenvalue weighted by atomic mass is 9.82. The van der Waals surface area contributed by atoms with Gasteiger partial charge in [-0.1, -0.05) is 6.42 Å². The number of aryl methyl sites for hydroxylation is 1. The van der Waals surface area contributed by atoms with Crippen molar-refractivity contribution in [2.24, 2.45) is 5.92 Å². The highest BCUT2D eigenvalue weighted by Gasteiger charge is 2.36. The molecule has 2 atom stereocenters. The fourth-order valence-electron chi connectivity index (χ4n) is 4.27. The Kier molecular flexibility index (Phi) is 8.90. The largest absolute Gasteiger partial charge is 0.468 e. The number of hydrogen-bond acceptors (Lipinski definition) is 7. The van der Waals surface area contributed by atoms with Crippen LogP contribution in [0.25, 0.3) is 0 Å². The summed E-state index contributed by atoms with van der Waals surface area (Å²) in [5, 5.41) is 0. The summed E-state index contributed by atoms with van der Waals surface area (Å²) in [5.41, 5.74) is 2.59. The van der Waals surface area contributed by atoms with Crippen LogP contribution in [-0.2, 0) is 14.2 Å². The number of hydrogen-bond donors (Lipinski definition) is 0. The normalized spacial score (nSPS) is 17.9. The minimum atomic E-state index is -0.136. The molecule has 0 amide bonds. The van der Waals surface area contributed by atoms with E-state index in [-0.39, 0.29) is 38.0 Å². The Labute approximate surface area is 189 Å². The molecule has 2 aromatic rings. The molecule has 0 aromatic heterocycles. The first-order valence-electron chi connectivity index (χ1n) is 10.7. The zero-order valence-corrected chi connectivity index (χ0v) is 19.2. The lowest BCUT2D eigenvalue weighted by Gasteiger charge is -2.24. The summed E-state index contributed by atoms with van der Waals surface area (Å²) < 4.78 is 32.2. The van der Waals surface area contributed by atoms with E-state index in [1.165, 1.54) is 0 Å². The molecule has 1 fully saturated rings. The first kappa shape index (κ1) is 24.0. The lowest BCUT2D eigenvalue weighted by molar-refractivity contribution is 0.0469. The van der Waals surface area contributed by atoms with Gasteiger partial charge in [-0.2, -0.15) is 0 Å². The van der Waals surface area contributed by atoms with E-state index in [2.05, 4.69) is 0 Å². The van der Waals surface area contributed by atoms with Gasteiger partial charge in [0.25, 0.3) is 0 Å². The van der Waals surface area contributed by atoms with E-state index in [1.807, 2.05) is 31.2 Å². The van der Waals surface area contributed by atoms with Crippen LogP contribution in [0.3, 0.4) is 0 Å². The fraction of sp³-hybridized carbons (Fsp3) is 0.480. The zero-order chi connectivity index (χ0) is 22.9. The van der Waals surface area contributed by atoms with Gasteiger partial charge in [0.2, 0.25) is 0 Å². The Morgan fingerprint density at radius 1 is 0.844 bits per heavy atom. The molecule has 0 saturated heterocycles. The number of ether oxygens (including phenoxy) is 6. The second kappa shape index (κ2) is 11.9. The third kappa shape index (κ3) is 5.79. The van der Waals surface area contributed by atoms with E-state index in [0.717, 1.165) is 36.1 Å². The predicted molar refractivity (Wildman–Crippen MR) is 120 cm³/mol. The van der Waals surface area contributed by atoms with Gasteiger partial charge in [-0.15, -0.1) is 0 Å². The van der Waals surface area contributed by atoms with Crippen LogP contribution in [0, 0.1) is 12.8 Å². The van der Waals surface area contributed by atoms with E-state index in [0.29, 0.717) is 17.1 Å². The summed E-state index contributed by atoms with van der Waals surface area (Å²) in [7, 11) is 4.74. The van der Waals surface area contributed by atoms with Crippen molar-refractivity contribution >= 4 is 5.78 Å². The third-order valence-corrected chi connectivity index (χ3v) is 5.68. The van der Waals surface area contributed by atoms with Gasteiger partial charge in [0.1, 0.15) is 17.2 Å².